The van der Waals surface area contributed by atoms with Crippen LogP contribution in [-0.4, -0.2) is 37.0 Å². The molecule has 0 aromatic heterocycles. The Morgan fingerprint density at radius 1 is 1.36 bits per heavy atom. The molecule has 2 N–H and O–H groups in total. The van der Waals surface area contributed by atoms with Crippen LogP contribution in [0.15, 0.2) is 24.3 Å². The molecule has 22 heavy (non-hydrogen) atoms. The van der Waals surface area contributed by atoms with Gasteiger partial charge in [-0.3, -0.25) is 4.79 Å². The van der Waals surface area contributed by atoms with Gasteiger partial charge in [0.05, 0.1) is 0 Å². The summed E-state index contributed by atoms with van der Waals surface area (Å²) in [6, 6.07) is 8.35. The lowest BCUT2D eigenvalue weighted by atomic mass is 9.99. The van der Waals surface area contributed by atoms with Gasteiger partial charge in [0, 0.05) is 31.7 Å². The molecular formula is C18H29N3O. The Balaban J connectivity index is 1.77. The van der Waals surface area contributed by atoms with E-state index in [4.69, 9.17) is 0 Å². The molecule has 0 radical (unpaired) electrons. The van der Waals surface area contributed by atoms with Crippen LogP contribution in [-0.2, 0) is 4.79 Å². The lowest BCUT2D eigenvalue weighted by molar-refractivity contribution is -0.114. The summed E-state index contributed by atoms with van der Waals surface area (Å²) in [5.41, 5.74) is 2.07. The van der Waals surface area contributed by atoms with E-state index in [1.807, 2.05) is 18.2 Å². The van der Waals surface area contributed by atoms with Crippen molar-refractivity contribution >= 4 is 11.6 Å². The van der Waals surface area contributed by atoms with Crippen molar-refractivity contribution < 1.29 is 4.79 Å². The minimum absolute atomic E-state index is 0.0305. The van der Waals surface area contributed by atoms with Crippen molar-refractivity contribution in [2.24, 2.45) is 5.92 Å². The minimum Gasteiger partial charge on any atom is -0.326 e. The highest BCUT2D eigenvalue weighted by Crippen LogP contribution is 2.18. The Morgan fingerprint density at radius 3 is 2.77 bits per heavy atom. The molecule has 0 spiro atoms. The highest BCUT2D eigenvalue weighted by Gasteiger charge is 2.15. The molecule has 4 nitrogen and oxygen atoms in total. The topological polar surface area (TPSA) is 44.4 Å². The predicted octanol–water partition coefficient (Wildman–Crippen LogP) is 3.03. The molecule has 4 heteroatoms. The fraction of sp³-hybridized carbons (Fsp3) is 0.611. The first-order valence-corrected chi connectivity index (χ1v) is 8.38. The van der Waals surface area contributed by atoms with Crippen LogP contribution < -0.4 is 10.6 Å². The number of amides is 1. The average Bonchev–Trinajstić information content (AvgIpc) is 2.49. The second kappa shape index (κ2) is 8.30. The van der Waals surface area contributed by atoms with Gasteiger partial charge in [0.2, 0.25) is 5.91 Å². The van der Waals surface area contributed by atoms with Crippen molar-refractivity contribution in [3.63, 3.8) is 0 Å². The highest BCUT2D eigenvalue weighted by molar-refractivity contribution is 5.88. The van der Waals surface area contributed by atoms with E-state index in [1.54, 1.807) is 0 Å². The van der Waals surface area contributed by atoms with E-state index in [2.05, 4.69) is 35.4 Å². The number of hydrogen-bond donors (Lipinski definition) is 2. The van der Waals surface area contributed by atoms with Crippen LogP contribution in [0.25, 0.3) is 0 Å². The third-order valence-corrected chi connectivity index (χ3v) is 4.46. The monoisotopic (exact) mass is 303 g/mol. The lowest BCUT2D eigenvalue weighted by Gasteiger charge is -2.30. The first kappa shape index (κ1) is 17.0. The number of benzene rings is 1. The summed E-state index contributed by atoms with van der Waals surface area (Å²) in [5.74, 6) is 0.858. The summed E-state index contributed by atoms with van der Waals surface area (Å²) < 4.78 is 0. The number of nitrogens with zero attached hydrogens (tertiary/aromatic N) is 1. The van der Waals surface area contributed by atoms with Crippen molar-refractivity contribution in [3.8, 4) is 0 Å². The Kier molecular flexibility index (Phi) is 6.40. The van der Waals surface area contributed by atoms with E-state index in [-0.39, 0.29) is 11.9 Å². The van der Waals surface area contributed by atoms with Crippen LogP contribution in [0.3, 0.4) is 0 Å². The molecular weight excluding hydrogens is 274 g/mol. The standard InChI is InChI=1S/C18H29N3O/c1-14-7-10-21(11-8-14)12-9-19-15(2)17-5-4-6-18(13-17)20-16(3)22/h4-6,13-15,19H,7-12H2,1-3H3,(H,20,22). The van der Waals surface area contributed by atoms with Crippen LogP contribution in [0, 0.1) is 5.92 Å². The van der Waals surface area contributed by atoms with Gasteiger partial charge in [-0.25, -0.2) is 0 Å². The summed E-state index contributed by atoms with van der Waals surface area (Å²) in [6.45, 7) is 10.6. The molecule has 1 fully saturated rings. The Hall–Kier alpha value is -1.39. The molecule has 1 aromatic rings. The summed E-state index contributed by atoms with van der Waals surface area (Å²) in [7, 11) is 0. The number of carbonyl (C=O) groups is 1. The molecule has 1 aromatic carbocycles. The van der Waals surface area contributed by atoms with Crippen molar-refractivity contribution in [2.75, 3.05) is 31.5 Å². The molecule has 1 atom stereocenters. The quantitative estimate of drug-likeness (QED) is 0.849. The number of anilines is 1. The molecule has 1 heterocycles. The summed E-state index contributed by atoms with van der Waals surface area (Å²) in [5, 5.41) is 6.42. The van der Waals surface area contributed by atoms with Crippen molar-refractivity contribution in [3.05, 3.63) is 29.8 Å². The third-order valence-electron chi connectivity index (χ3n) is 4.46. The largest absolute Gasteiger partial charge is 0.326 e. The van der Waals surface area contributed by atoms with Crippen LogP contribution >= 0.6 is 0 Å². The molecule has 0 aliphatic carbocycles. The minimum atomic E-state index is -0.0305. The fourth-order valence-electron chi connectivity index (χ4n) is 2.93. The molecule has 0 saturated carbocycles. The molecule has 122 valence electrons. The van der Waals surface area contributed by atoms with E-state index in [1.165, 1.54) is 38.4 Å². The van der Waals surface area contributed by atoms with E-state index >= 15 is 0 Å². The Labute approximate surface area is 134 Å². The molecule has 1 aliphatic heterocycles. The van der Waals surface area contributed by atoms with Gasteiger partial charge in [0.25, 0.3) is 0 Å². The summed E-state index contributed by atoms with van der Waals surface area (Å²) in [6.07, 6.45) is 2.66. The van der Waals surface area contributed by atoms with Gasteiger partial charge in [-0.2, -0.15) is 0 Å². The number of nitrogens with one attached hydrogen (secondary N) is 2. The van der Waals surface area contributed by atoms with Gasteiger partial charge in [0.15, 0.2) is 0 Å². The maximum Gasteiger partial charge on any atom is 0.221 e. The normalized spacial score (nSPS) is 18.1. The van der Waals surface area contributed by atoms with Crippen molar-refractivity contribution in [1.82, 2.24) is 10.2 Å². The van der Waals surface area contributed by atoms with Crippen LogP contribution in [0.2, 0.25) is 0 Å². The first-order chi connectivity index (χ1) is 10.5. The van der Waals surface area contributed by atoms with Gasteiger partial charge < -0.3 is 15.5 Å². The SMILES string of the molecule is CC(=O)Nc1cccc(C(C)NCCN2CCC(C)CC2)c1. The van der Waals surface area contributed by atoms with Crippen molar-refractivity contribution in [2.45, 2.75) is 39.7 Å². The fourth-order valence-corrected chi connectivity index (χ4v) is 2.93. The van der Waals surface area contributed by atoms with Gasteiger partial charge in [-0.15, -0.1) is 0 Å². The number of hydrogen-bond acceptors (Lipinski definition) is 3. The molecule has 1 amide bonds. The number of rotatable bonds is 6. The number of likely N-dealkylation sites (tertiary alicyclic amines) is 1. The molecule has 1 saturated heterocycles. The van der Waals surface area contributed by atoms with E-state index in [0.29, 0.717) is 0 Å². The maximum absolute atomic E-state index is 11.1. The zero-order chi connectivity index (χ0) is 15.9. The van der Waals surface area contributed by atoms with Crippen LogP contribution in [0.5, 0.6) is 0 Å². The lowest BCUT2D eigenvalue weighted by Crippen LogP contribution is -2.38. The third kappa shape index (κ3) is 5.43. The highest BCUT2D eigenvalue weighted by atomic mass is 16.1. The van der Waals surface area contributed by atoms with Crippen molar-refractivity contribution in [1.29, 1.82) is 0 Å². The average molecular weight is 303 g/mol. The van der Waals surface area contributed by atoms with Gasteiger partial charge in [-0.1, -0.05) is 19.1 Å². The molecule has 1 unspecified atom stereocenters. The van der Waals surface area contributed by atoms with E-state index in [9.17, 15) is 4.79 Å². The summed E-state index contributed by atoms with van der Waals surface area (Å²) >= 11 is 0. The maximum atomic E-state index is 11.1. The molecule has 0 bridgehead atoms. The van der Waals surface area contributed by atoms with Gasteiger partial charge >= 0.3 is 0 Å². The second-order valence-corrected chi connectivity index (χ2v) is 6.51. The number of piperidine rings is 1. The van der Waals surface area contributed by atoms with Crippen LogP contribution in [0.4, 0.5) is 5.69 Å². The zero-order valence-corrected chi connectivity index (χ0v) is 14.1. The second-order valence-electron chi connectivity index (χ2n) is 6.51. The molecule has 2 rings (SSSR count). The molecule has 1 aliphatic rings. The number of carbonyl (C=O) groups excluding carboxylic acids is 1. The summed E-state index contributed by atoms with van der Waals surface area (Å²) in [4.78, 5) is 13.7. The first-order valence-electron chi connectivity index (χ1n) is 8.38. The van der Waals surface area contributed by atoms with Gasteiger partial charge in [0.1, 0.15) is 0 Å². The van der Waals surface area contributed by atoms with Crippen LogP contribution in [0.1, 0.15) is 45.2 Å². The Bertz CT molecular complexity index is 481. The Morgan fingerprint density at radius 2 is 2.09 bits per heavy atom. The zero-order valence-electron chi connectivity index (χ0n) is 14.1. The van der Waals surface area contributed by atoms with E-state index in [0.717, 1.165) is 24.7 Å². The van der Waals surface area contributed by atoms with Gasteiger partial charge in [-0.05, 0) is 56.5 Å². The van der Waals surface area contributed by atoms with E-state index < -0.39 is 0 Å². The predicted molar refractivity (Wildman–Crippen MR) is 92.0 cm³/mol. The smallest absolute Gasteiger partial charge is 0.221 e.